The number of carbonyl (C=O) groups excluding carboxylic acids is 1. The second-order valence-corrected chi connectivity index (χ2v) is 7.97. The van der Waals surface area contributed by atoms with Gasteiger partial charge in [0.05, 0.1) is 22.0 Å². The molecule has 0 saturated carbocycles. The van der Waals surface area contributed by atoms with Crippen LogP contribution in [0.5, 0.6) is 5.75 Å². The maximum atomic E-state index is 13.0. The molecule has 3 aromatic rings. The average Bonchev–Trinajstić information content (AvgIpc) is 2.85. The number of aromatic amines is 2. The Morgan fingerprint density at radius 2 is 1.92 bits per heavy atom. The molecule has 1 unspecified atom stereocenters. The van der Waals surface area contributed by atoms with Gasteiger partial charge >= 0.3 is 11.7 Å². The minimum Gasteiger partial charge on any atom is -0.489 e. The van der Waals surface area contributed by atoms with Gasteiger partial charge in [-0.05, 0) is 42.3 Å². The minimum absolute atomic E-state index is 0.0183. The van der Waals surface area contributed by atoms with Gasteiger partial charge in [0.1, 0.15) is 24.8 Å². The molecule has 1 atom stereocenters. The van der Waals surface area contributed by atoms with Crippen LogP contribution in [0.3, 0.4) is 0 Å². The van der Waals surface area contributed by atoms with Gasteiger partial charge in [-0.15, -0.1) is 0 Å². The Bertz CT molecular complexity index is 1490. The summed E-state index contributed by atoms with van der Waals surface area (Å²) in [4.78, 5) is 52.9. The molecule has 184 valence electrons. The first-order valence-corrected chi connectivity index (χ1v) is 10.9. The Kier molecular flexibility index (Phi) is 6.81. The third-order valence-corrected chi connectivity index (χ3v) is 5.57. The van der Waals surface area contributed by atoms with Crippen molar-refractivity contribution >= 4 is 17.5 Å². The van der Waals surface area contributed by atoms with Crippen molar-refractivity contribution in [1.29, 1.82) is 0 Å². The Morgan fingerprint density at radius 3 is 2.61 bits per heavy atom. The summed E-state index contributed by atoms with van der Waals surface area (Å²) in [5, 5.41) is 13.8. The Morgan fingerprint density at radius 1 is 1.17 bits per heavy atom. The highest BCUT2D eigenvalue weighted by atomic mass is 16.6. The largest absolute Gasteiger partial charge is 0.489 e. The number of allylic oxidation sites excluding steroid dienone is 1. The van der Waals surface area contributed by atoms with E-state index in [1.54, 1.807) is 43.3 Å². The molecule has 1 aromatic heterocycles. The number of H-pyrrole nitrogens is 2. The summed E-state index contributed by atoms with van der Waals surface area (Å²) in [5.74, 6) is -0.868. The van der Waals surface area contributed by atoms with E-state index in [2.05, 4.69) is 21.9 Å². The molecule has 1 aliphatic heterocycles. The molecule has 0 amide bonds. The number of aromatic nitrogens is 2. The molecule has 11 heteroatoms. The summed E-state index contributed by atoms with van der Waals surface area (Å²) in [6.07, 6.45) is 1.43. The van der Waals surface area contributed by atoms with Crippen molar-refractivity contribution in [2.75, 3.05) is 11.9 Å². The highest BCUT2D eigenvalue weighted by Crippen LogP contribution is 2.40. The fourth-order valence-corrected chi connectivity index (χ4v) is 3.97. The van der Waals surface area contributed by atoms with Gasteiger partial charge < -0.3 is 14.8 Å². The molecule has 2 aromatic carbocycles. The van der Waals surface area contributed by atoms with Crippen LogP contribution in [0.1, 0.15) is 29.5 Å². The maximum Gasteiger partial charge on any atom is 0.337 e. The summed E-state index contributed by atoms with van der Waals surface area (Å²) < 4.78 is 11.1. The van der Waals surface area contributed by atoms with Crippen LogP contribution in [0.25, 0.3) is 0 Å². The summed E-state index contributed by atoms with van der Waals surface area (Å²) in [6.45, 7) is 5.32. The van der Waals surface area contributed by atoms with E-state index in [0.29, 0.717) is 17.0 Å². The Hall–Kier alpha value is -4.93. The van der Waals surface area contributed by atoms with Crippen LogP contribution >= 0.6 is 0 Å². The van der Waals surface area contributed by atoms with E-state index in [0.717, 1.165) is 5.56 Å². The number of nitrogens with one attached hydrogen (secondary N) is 3. The number of ether oxygens (including phenoxy) is 2. The molecule has 0 radical (unpaired) electrons. The molecule has 4 rings (SSSR count). The topological polar surface area (TPSA) is 156 Å². The van der Waals surface area contributed by atoms with Gasteiger partial charge in [-0.1, -0.05) is 24.8 Å². The number of nitrogens with zero attached hydrogens (tertiary/aromatic N) is 1. The number of rotatable bonds is 8. The molecule has 36 heavy (non-hydrogen) atoms. The molecule has 2 heterocycles. The molecule has 0 fully saturated rings. The van der Waals surface area contributed by atoms with E-state index in [4.69, 9.17) is 9.47 Å². The summed E-state index contributed by atoms with van der Waals surface area (Å²) in [7, 11) is 0. The zero-order valence-electron chi connectivity index (χ0n) is 19.2. The standard InChI is InChI=1S/C25H22N4O7/c1-3-11-35-24(31)19-14(2)26-22-21(23(30)28-25(32)27-22)20(19)16-5-4-6-18(12-16)36-13-15-7-9-17(10-8-15)29(33)34/h3-10,12,20H,1,11,13H2,2H3,(H3,26,27,28,30,32). The quantitative estimate of drug-likeness (QED) is 0.188. The lowest BCUT2D eigenvalue weighted by molar-refractivity contribution is -0.384. The smallest absolute Gasteiger partial charge is 0.337 e. The lowest BCUT2D eigenvalue weighted by Crippen LogP contribution is -2.35. The first-order chi connectivity index (χ1) is 17.3. The predicted molar refractivity (Wildman–Crippen MR) is 131 cm³/mol. The fraction of sp³-hybridized carbons (Fsp3) is 0.160. The second-order valence-electron chi connectivity index (χ2n) is 7.97. The van der Waals surface area contributed by atoms with Gasteiger partial charge in [0.15, 0.2) is 0 Å². The number of fused-ring (bicyclic) bond motifs is 1. The number of non-ortho nitro benzene ring substituents is 1. The third kappa shape index (κ3) is 4.94. The number of hydrogen-bond donors (Lipinski definition) is 3. The van der Waals surface area contributed by atoms with E-state index in [9.17, 15) is 24.5 Å². The highest BCUT2D eigenvalue weighted by molar-refractivity contribution is 5.94. The van der Waals surface area contributed by atoms with Crippen molar-refractivity contribution in [3.63, 3.8) is 0 Å². The lowest BCUT2D eigenvalue weighted by atomic mass is 9.82. The number of carbonyl (C=O) groups is 1. The summed E-state index contributed by atoms with van der Waals surface area (Å²) in [5.41, 5.74) is 0.693. The number of nitro groups is 1. The van der Waals surface area contributed by atoms with Crippen molar-refractivity contribution in [2.45, 2.75) is 19.4 Å². The zero-order chi connectivity index (χ0) is 25.8. The molecule has 3 N–H and O–H groups in total. The number of esters is 1. The Balaban J connectivity index is 1.71. The summed E-state index contributed by atoms with van der Waals surface area (Å²) in [6, 6.07) is 12.8. The number of benzene rings is 2. The molecule has 1 aliphatic rings. The van der Waals surface area contributed by atoms with Crippen molar-refractivity contribution in [3.05, 3.63) is 120 Å². The number of anilines is 1. The van der Waals surface area contributed by atoms with Crippen LogP contribution in [-0.4, -0.2) is 27.5 Å². The molecule has 0 saturated heterocycles. The first-order valence-electron chi connectivity index (χ1n) is 10.9. The molecular formula is C25H22N4O7. The van der Waals surface area contributed by atoms with Crippen LogP contribution in [-0.2, 0) is 16.1 Å². The van der Waals surface area contributed by atoms with Gasteiger partial charge in [0.25, 0.3) is 11.2 Å². The van der Waals surface area contributed by atoms with E-state index in [1.807, 2.05) is 0 Å². The van der Waals surface area contributed by atoms with Crippen molar-refractivity contribution in [1.82, 2.24) is 9.97 Å². The normalized spacial score (nSPS) is 14.4. The van der Waals surface area contributed by atoms with Crippen LogP contribution in [0.2, 0.25) is 0 Å². The van der Waals surface area contributed by atoms with Gasteiger partial charge in [0, 0.05) is 17.8 Å². The molecule has 11 nitrogen and oxygen atoms in total. The average molecular weight is 490 g/mol. The number of nitro benzene ring substituents is 1. The maximum absolute atomic E-state index is 13.0. The molecule has 0 spiro atoms. The molecule has 0 bridgehead atoms. The lowest BCUT2D eigenvalue weighted by Gasteiger charge is -2.28. The van der Waals surface area contributed by atoms with Crippen LogP contribution in [0.15, 0.2) is 82.0 Å². The number of hydrogen-bond acceptors (Lipinski definition) is 8. The van der Waals surface area contributed by atoms with Crippen LogP contribution in [0, 0.1) is 10.1 Å². The van der Waals surface area contributed by atoms with Gasteiger partial charge in [-0.3, -0.25) is 24.9 Å². The highest BCUT2D eigenvalue weighted by Gasteiger charge is 2.36. The van der Waals surface area contributed by atoms with E-state index in [1.165, 1.54) is 18.2 Å². The first kappa shape index (κ1) is 24.2. The van der Waals surface area contributed by atoms with Crippen molar-refractivity contribution in [2.24, 2.45) is 0 Å². The van der Waals surface area contributed by atoms with Crippen LogP contribution < -0.4 is 21.3 Å². The van der Waals surface area contributed by atoms with E-state index < -0.39 is 28.1 Å². The van der Waals surface area contributed by atoms with E-state index in [-0.39, 0.29) is 35.9 Å². The third-order valence-electron chi connectivity index (χ3n) is 5.57. The SMILES string of the molecule is C=CCOC(=O)C1=C(C)Nc2[nH]c(=O)[nH]c(=O)c2C1c1cccc(OCc2ccc([N+](=O)[O-])cc2)c1. The van der Waals surface area contributed by atoms with Gasteiger partial charge in [0.2, 0.25) is 0 Å². The molecule has 0 aliphatic carbocycles. The monoisotopic (exact) mass is 490 g/mol. The molecular weight excluding hydrogens is 468 g/mol. The Labute approximate surface area is 204 Å². The van der Waals surface area contributed by atoms with E-state index >= 15 is 0 Å². The van der Waals surface area contributed by atoms with Crippen LogP contribution in [0.4, 0.5) is 11.5 Å². The second kappa shape index (κ2) is 10.1. The van der Waals surface area contributed by atoms with Crippen molar-refractivity contribution < 1.29 is 19.2 Å². The minimum atomic E-state index is -0.859. The fourth-order valence-electron chi connectivity index (χ4n) is 3.97. The predicted octanol–water partition coefficient (Wildman–Crippen LogP) is 3.11. The van der Waals surface area contributed by atoms with Gasteiger partial charge in [-0.2, -0.15) is 0 Å². The van der Waals surface area contributed by atoms with Gasteiger partial charge in [-0.25, -0.2) is 9.59 Å². The zero-order valence-corrected chi connectivity index (χ0v) is 19.2. The van der Waals surface area contributed by atoms with Crippen molar-refractivity contribution in [3.8, 4) is 5.75 Å². The summed E-state index contributed by atoms with van der Waals surface area (Å²) >= 11 is 0.